The van der Waals surface area contributed by atoms with Gasteiger partial charge in [0.25, 0.3) is 0 Å². The van der Waals surface area contributed by atoms with E-state index in [1.807, 2.05) is 0 Å². The molecular formula is C13H23O13P. The van der Waals surface area contributed by atoms with Gasteiger partial charge in [-0.15, -0.1) is 0 Å². The Labute approximate surface area is 153 Å². The first-order valence-corrected chi connectivity index (χ1v) is 9.22. The van der Waals surface area contributed by atoms with Crippen LogP contribution in [0.2, 0.25) is 0 Å². The quantitative estimate of drug-likeness (QED) is 0.170. The molecule has 6 atom stereocenters. The van der Waals surface area contributed by atoms with E-state index in [0.717, 1.165) is 13.8 Å². The predicted molar refractivity (Wildman–Crippen MR) is 82.9 cm³/mol. The minimum Gasteiger partial charge on any atom is -0.462 e. The van der Waals surface area contributed by atoms with Gasteiger partial charge in [-0.05, 0) is 0 Å². The first kappa shape index (κ1) is 23.9. The molecule has 0 aliphatic heterocycles. The summed E-state index contributed by atoms with van der Waals surface area (Å²) >= 11 is 0. The summed E-state index contributed by atoms with van der Waals surface area (Å²) in [7, 11) is -5.01. The lowest BCUT2D eigenvalue weighted by molar-refractivity contribution is -0.220. The van der Waals surface area contributed by atoms with E-state index < -0.39 is 75.7 Å². The van der Waals surface area contributed by atoms with E-state index in [9.17, 15) is 44.6 Å². The van der Waals surface area contributed by atoms with Crippen LogP contribution in [-0.2, 0) is 32.7 Å². The SMILES string of the molecule is CC(=O)OC[C@H](COP(=O)(O)OC1C(O)C(O)C(O)C(O)C1O)OC(C)=O. The van der Waals surface area contributed by atoms with Crippen LogP contribution >= 0.6 is 7.82 Å². The van der Waals surface area contributed by atoms with Gasteiger partial charge in [0.1, 0.15) is 43.2 Å². The van der Waals surface area contributed by atoms with E-state index in [1.54, 1.807) is 0 Å². The maximum absolute atomic E-state index is 12.0. The number of ether oxygens (including phenoxy) is 2. The Balaban J connectivity index is 2.73. The van der Waals surface area contributed by atoms with E-state index in [2.05, 4.69) is 13.8 Å². The average Bonchev–Trinajstić information content (AvgIpc) is 2.57. The summed E-state index contributed by atoms with van der Waals surface area (Å²) in [4.78, 5) is 31.5. The number of hydrogen-bond acceptors (Lipinski definition) is 12. The van der Waals surface area contributed by atoms with Crippen molar-refractivity contribution in [2.75, 3.05) is 13.2 Å². The molecule has 1 aliphatic carbocycles. The molecule has 1 aliphatic rings. The van der Waals surface area contributed by atoms with Crippen molar-refractivity contribution in [3.05, 3.63) is 0 Å². The summed E-state index contributed by atoms with van der Waals surface area (Å²) in [5.74, 6) is -1.49. The van der Waals surface area contributed by atoms with Crippen molar-refractivity contribution in [3.8, 4) is 0 Å². The van der Waals surface area contributed by atoms with Gasteiger partial charge in [0.2, 0.25) is 0 Å². The molecule has 0 aromatic rings. The fourth-order valence-electron chi connectivity index (χ4n) is 2.24. The van der Waals surface area contributed by atoms with Crippen molar-refractivity contribution in [3.63, 3.8) is 0 Å². The Morgan fingerprint density at radius 2 is 1.37 bits per heavy atom. The van der Waals surface area contributed by atoms with E-state index in [0.29, 0.717) is 0 Å². The molecule has 1 saturated carbocycles. The zero-order valence-electron chi connectivity index (χ0n) is 14.4. The summed E-state index contributed by atoms with van der Waals surface area (Å²) in [5, 5.41) is 48.1. The van der Waals surface area contributed by atoms with Gasteiger partial charge < -0.3 is 39.9 Å². The summed E-state index contributed by atoms with van der Waals surface area (Å²) in [6.45, 7) is 0.891. The molecule has 0 bridgehead atoms. The average molecular weight is 418 g/mol. The Morgan fingerprint density at radius 1 is 0.889 bits per heavy atom. The Hall–Kier alpha value is -1.15. The van der Waals surface area contributed by atoms with E-state index in [1.165, 1.54) is 0 Å². The number of esters is 2. The third kappa shape index (κ3) is 7.07. The molecule has 27 heavy (non-hydrogen) atoms. The first-order chi connectivity index (χ1) is 12.4. The molecular weight excluding hydrogens is 395 g/mol. The maximum atomic E-state index is 12.0. The summed E-state index contributed by atoms with van der Waals surface area (Å²) in [6, 6.07) is 0. The number of aliphatic hydroxyl groups excluding tert-OH is 5. The monoisotopic (exact) mass is 418 g/mol. The third-order valence-electron chi connectivity index (χ3n) is 3.56. The fraction of sp³-hybridized carbons (Fsp3) is 0.846. The highest BCUT2D eigenvalue weighted by Crippen LogP contribution is 2.47. The van der Waals surface area contributed by atoms with Crippen molar-refractivity contribution in [1.82, 2.24) is 0 Å². The first-order valence-electron chi connectivity index (χ1n) is 7.72. The minimum atomic E-state index is -5.01. The van der Waals surface area contributed by atoms with Gasteiger partial charge in [-0.3, -0.25) is 18.6 Å². The van der Waals surface area contributed by atoms with Gasteiger partial charge in [-0.1, -0.05) is 0 Å². The maximum Gasteiger partial charge on any atom is 0.472 e. The van der Waals surface area contributed by atoms with E-state index >= 15 is 0 Å². The molecule has 158 valence electrons. The number of hydrogen-bond donors (Lipinski definition) is 6. The lowest BCUT2D eigenvalue weighted by Gasteiger charge is -2.41. The van der Waals surface area contributed by atoms with Crippen molar-refractivity contribution in [1.29, 1.82) is 0 Å². The van der Waals surface area contributed by atoms with Gasteiger partial charge in [0.05, 0.1) is 6.61 Å². The molecule has 1 rings (SSSR count). The lowest BCUT2D eigenvalue weighted by Crippen LogP contribution is -2.64. The van der Waals surface area contributed by atoms with Crippen LogP contribution in [0.1, 0.15) is 13.8 Å². The zero-order valence-corrected chi connectivity index (χ0v) is 15.3. The molecule has 0 heterocycles. The molecule has 0 aromatic carbocycles. The van der Waals surface area contributed by atoms with Crippen molar-refractivity contribution >= 4 is 19.8 Å². The second kappa shape index (κ2) is 9.87. The number of phosphoric acid groups is 1. The summed E-state index contributed by atoms with van der Waals surface area (Å²) < 4.78 is 30.5. The van der Waals surface area contributed by atoms with Gasteiger partial charge in [0.15, 0.2) is 6.10 Å². The summed E-state index contributed by atoms with van der Waals surface area (Å²) in [6.07, 6.45) is -13.1. The second-order valence-corrected chi connectivity index (χ2v) is 7.23. The van der Waals surface area contributed by atoms with Crippen LogP contribution < -0.4 is 0 Å². The number of phosphoric ester groups is 1. The second-order valence-electron chi connectivity index (χ2n) is 5.82. The Morgan fingerprint density at radius 3 is 1.81 bits per heavy atom. The molecule has 6 N–H and O–H groups in total. The fourth-order valence-corrected chi connectivity index (χ4v) is 3.22. The number of aliphatic hydroxyl groups is 5. The normalized spacial score (nSPS) is 34.4. The standard InChI is InChI=1S/C13H23O13P/c1-5(14)23-3-7(25-6(2)15)4-24-27(21,22)26-13-11(19)9(17)8(16)10(18)12(13)20/h7-13,16-20H,3-4H2,1-2H3,(H,21,22)/t7-,8?,9?,10?,11?,12?,13?/m1/s1. The van der Waals surface area contributed by atoms with Crippen LogP contribution in [0.5, 0.6) is 0 Å². The molecule has 14 heteroatoms. The van der Waals surface area contributed by atoms with E-state index in [-0.39, 0.29) is 0 Å². The Kier molecular flexibility index (Phi) is 8.73. The van der Waals surface area contributed by atoms with Crippen molar-refractivity contribution in [2.45, 2.75) is 56.6 Å². The van der Waals surface area contributed by atoms with Crippen LogP contribution in [0.4, 0.5) is 0 Å². The predicted octanol–water partition coefficient (Wildman–Crippen LogP) is -3.20. The molecule has 5 unspecified atom stereocenters. The van der Waals surface area contributed by atoms with E-state index in [4.69, 9.17) is 4.74 Å². The van der Waals surface area contributed by atoms with Crippen molar-refractivity contribution in [2.24, 2.45) is 0 Å². The van der Waals surface area contributed by atoms with Gasteiger partial charge in [0, 0.05) is 13.8 Å². The lowest BCUT2D eigenvalue weighted by atomic mass is 9.85. The molecule has 0 radical (unpaired) electrons. The van der Waals surface area contributed by atoms with Crippen LogP contribution in [0.25, 0.3) is 0 Å². The van der Waals surface area contributed by atoms with Gasteiger partial charge >= 0.3 is 19.8 Å². The molecule has 0 aromatic heterocycles. The smallest absolute Gasteiger partial charge is 0.462 e. The summed E-state index contributed by atoms with van der Waals surface area (Å²) in [5.41, 5.74) is 0. The third-order valence-corrected chi connectivity index (χ3v) is 4.54. The van der Waals surface area contributed by atoms with Crippen LogP contribution in [0.15, 0.2) is 0 Å². The topological polar surface area (TPSA) is 210 Å². The van der Waals surface area contributed by atoms with Crippen LogP contribution in [0.3, 0.4) is 0 Å². The largest absolute Gasteiger partial charge is 0.472 e. The number of rotatable bonds is 8. The van der Waals surface area contributed by atoms with Crippen LogP contribution in [-0.4, -0.2) is 98.3 Å². The minimum absolute atomic E-state index is 0.479. The molecule has 0 amide bonds. The molecule has 13 nitrogen and oxygen atoms in total. The highest BCUT2D eigenvalue weighted by molar-refractivity contribution is 7.47. The van der Waals surface area contributed by atoms with Gasteiger partial charge in [-0.2, -0.15) is 0 Å². The van der Waals surface area contributed by atoms with Crippen molar-refractivity contribution < 1.29 is 63.1 Å². The molecule has 0 spiro atoms. The van der Waals surface area contributed by atoms with Crippen LogP contribution in [0, 0.1) is 0 Å². The zero-order chi connectivity index (χ0) is 20.9. The number of carbonyl (C=O) groups is 2. The highest BCUT2D eigenvalue weighted by atomic mass is 31.2. The highest BCUT2D eigenvalue weighted by Gasteiger charge is 2.51. The number of carbonyl (C=O) groups excluding carboxylic acids is 2. The molecule has 0 saturated heterocycles. The van der Waals surface area contributed by atoms with Gasteiger partial charge in [-0.25, -0.2) is 4.57 Å². The Bertz CT molecular complexity index is 552. The molecule has 1 fully saturated rings.